The van der Waals surface area contributed by atoms with Gasteiger partial charge in [-0.1, -0.05) is 23.2 Å². The van der Waals surface area contributed by atoms with Gasteiger partial charge in [0.15, 0.2) is 0 Å². The van der Waals surface area contributed by atoms with Crippen LogP contribution in [0.25, 0.3) is 0 Å². The standard InChI is InChI=1S/C4H3Cl2NS/c5-3-1-2-7-8-4(3)6/h1-2,7H. The maximum absolute atomic E-state index is 5.57. The maximum Gasteiger partial charge on any atom is 0.113 e. The lowest BCUT2D eigenvalue weighted by molar-refractivity contribution is 1.41. The van der Waals surface area contributed by atoms with Crippen molar-refractivity contribution in [2.75, 3.05) is 0 Å². The molecule has 0 spiro atoms. The molecule has 0 aromatic rings. The number of allylic oxidation sites excluding steroid dienone is 2. The van der Waals surface area contributed by atoms with Crippen molar-refractivity contribution in [1.82, 2.24) is 4.72 Å². The van der Waals surface area contributed by atoms with Crippen LogP contribution >= 0.6 is 35.1 Å². The highest BCUT2D eigenvalue weighted by molar-refractivity contribution is 8.03. The third kappa shape index (κ3) is 1.34. The first kappa shape index (κ1) is 6.33. The van der Waals surface area contributed by atoms with Crippen LogP contribution in [0, 0.1) is 0 Å². The van der Waals surface area contributed by atoms with Gasteiger partial charge in [-0.25, -0.2) is 0 Å². The van der Waals surface area contributed by atoms with E-state index < -0.39 is 0 Å². The van der Waals surface area contributed by atoms with Crippen molar-refractivity contribution in [3.05, 3.63) is 21.7 Å². The zero-order valence-corrected chi connectivity index (χ0v) is 6.15. The Hall–Kier alpha value is 0.210. The SMILES string of the molecule is ClC1=C(Cl)SNC=C1. The van der Waals surface area contributed by atoms with E-state index in [1.54, 1.807) is 12.3 Å². The lowest BCUT2D eigenvalue weighted by Crippen LogP contribution is -1.94. The van der Waals surface area contributed by atoms with Crippen molar-refractivity contribution in [3.63, 3.8) is 0 Å². The first-order valence-corrected chi connectivity index (χ1v) is 3.52. The fourth-order valence-electron chi connectivity index (χ4n) is 0.307. The Bertz CT molecular complexity index is 152. The summed E-state index contributed by atoms with van der Waals surface area (Å²) in [5.41, 5.74) is 0. The molecule has 0 saturated heterocycles. The molecule has 0 bridgehead atoms. The van der Waals surface area contributed by atoms with Crippen LogP contribution in [0.1, 0.15) is 0 Å². The summed E-state index contributed by atoms with van der Waals surface area (Å²) in [7, 11) is 0. The quantitative estimate of drug-likeness (QED) is 0.557. The van der Waals surface area contributed by atoms with Crippen LogP contribution in [-0.4, -0.2) is 0 Å². The van der Waals surface area contributed by atoms with Crippen LogP contribution in [0.2, 0.25) is 0 Å². The van der Waals surface area contributed by atoms with E-state index in [4.69, 9.17) is 23.2 Å². The fraction of sp³-hybridized carbons (Fsp3) is 0. The minimum atomic E-state index is 0.592. The smallest absolute Gasteiger partial charge is 0.113 e. The summed E-state index contributed by atoms with van der Waals surface area (Å²) >= 11 is 12.4. The minimum Gasteiger partial charge on any atom is -0.332 e. The van der Waals surface area contributed by atoms with Gasteiger partial charge in [0.25, 0.3) is 0 Å². The van der Waals surface area contributed by atoms with Crippen molar-refractivity contribution in [3.8, 4) is 0 Å². The first-order valence-electron chi connectivity index (χ1n) is 1.95. The molecule has 1 N–H and O–H groups in total. The molecule has 1 aliphatic rings. The Balaban J connectivity index is 2.76. The van der Waals surface area contributed by atoms with Crippen LogP contribution in [0.4, 0.5) is 0 Å². The molecule has 0 radical (unpaired) electrons. The Morgan fingerprint density at radius 2 is 2.25 bits per heavy atom. The number of hydrogen-bond acceptors (Lipinski definition) is 2. The molecule has 4 heteroatoms. The van der Waals surface area contributed by atoms with E-state index in [9.17, 15) is 0 Å². The van der Waals surface area contributed by atoms with E-state index in [1.165, 1.54) is 11.9 Å². The van der Waals surface area contributed by atoms with Crippen LogP contribution in [0.5, 0.6) is 0 Å². The second-order valence-electron chi connectivity index (χ2n) is 1.17. The summed E-state index contributed by atoms with van der Waals surface area (Å²) in [5.74, 6) is 0. The lowest BCUT2D eigenvalue weighted by Gasteiger charge is -2.03. The zero-order chi connectivity index (χ0) is 5.98. The summed E-state index contributed by atoms with van der Waals surface area (Å²) in [5, 5.41) is 0.593. The fourth-order valence-corrected chi connectivity index (χ4v) is 1.09. The topological polar surface area (TPSA) is 12.0 Å². The van der Waals surface area contributed by atoms with Gasteiger partial charge in [-0.05, 0) is 18.0 Å². The minimum absolute atomic E-state index is 0.592. The van der Waals surface area contributed by atoms with E-state index in [2.05, 4.69) is 4.72 Å². The van der Waals surface area contributed by atoms with Crippen molar-refractivity contribution in [1.29, 1.82) is 0 Å². The Kier molecular flexibility index (Phi) is 2.11. The molecule has 0 aromatic carbocycles. The van der Waals surface area contributed by atoms with Gasteiger partial charge < -0.3 is 4.72 Å². The third-order valence-electron chi connectivity index (χ3n) is 0.634. The predicted molar refractivity (Wildman–Crippen MR) is 38.6 cm³/mol. The molecule has 1 heterocycles. The second-order valence-corrected chi connectivity index (χ2v) is 3.03. The van der Waals surface area contributed by atoms with Gasteiger partial charge in [0, 0.05) is 6.20 Å². The number of rotatable bonds is 0. The molecule has 1 nitrogen and oxygen atoms in total. The first-order chi connectivity index (χ1) is 3.80. The molecule has 1 aliphatic heterocycles. The summed E-state index contributed by atoms with van der Waals surface area (Å²) in [6.45, 7) is 0. The van der Waals surface area contributed by atoms with Gasteiger partial charge >= 0.3 is 0 Å². The van der Waals surface area contributed by atoms with Gasteiger partial charge in [-0.15, -0.1) is 0 Å². The van der Waals surface area contributed by atoms with Crippen LogP contribution in [0.3, 0.4) is 0 Å². The largest absolute Gasteiger partial charge is 0.332 e. The molecule has 0 aliphatic carbocycles. The van der Waals surface area contributed by atoms with E-state index >= 15 is 0 Å². The molecule has 0 fully saturated rings. The molecule has 8 heavy (non-hydrogen) atoms. The van der Waals surface area contributed by atoms with Crippen molar-refractivity contribution in [2.24, 2.45) is 0 Å². The van der Waals surface area contributed by atoms with E-state index in [0.29, 0.717) is 9.40 Å². The van der Waals surface area contributed by atoms with Crippen LogP contribution in [-0.2, 0) is 0 Å². The highest BCUT2D eigenvalue weighted by Gasteiger charge is 2.01. The normalized spacial score (nSPS) is 18.8. The van der Waals surface area contributed by atoms with Gasteiger partial charge in [0.2, 0.25) is 0 Å². The average molecular weight is 168 g/mol. The molecule has 1 rings (SSSR count). The molecule has 0 saturated carbocycles. The van der Waals surface area contributed by atoms with Gasteiger partial charge in [-0.2, -0.15) is 0 Å². The predicted octanol–water partition coefficient (Wildman–Crippen LogP) is 2.40. The molecule has 44 valence electrons. The molecule has 0 atom stereocenters. The maximum atomic E-state index is 5.57. The number of hydrogen-bond donors (Lipinski definition) is 1. The summed E-state index contributed by atoms with van der Waals surface area (Å²) in [6.07, 6.45) is 3.44. The Labute approximate surface area is 61.9 Å². The Morgan fingerprint density at radius 3 is 2.62 bits per heavy atom. The van der Waals surface area contributed by atoms with Crippen LogP contribution < -0.4 is 4.72 Å². The van der Waals surface area contributed by atoms with Gasteiger partial charge in [-0.3, -0.25) is 0 Å². The second kappa shape index (κ2) is 2.67. The number of nitrogens with one attached hydrogen (secondary N) is 1. The molecular weight excluding hydrogens is 165 g/mol. The van der Waals surface area contributed by atoms with E-state index in [1.807, 2.05) is 0 Å². The van der Waals surface area contributed by atoms with E-state index in [-0.39, 0.29) is 0 Å². The third-order valence-corrected chi connectivity index (χ3v) is 2.25. The summed E-state index contributed by atoms with van der Waals surface area (Å²) in [4.78, 5) is 0. The molecular formula is C4H3Cl2NS. The highest BCUT2D eigenvalue weighted by atomic mass is 35.5. The zero-order valence-electron chi connectivity index (χ0n) is 3.82. The summed E-state index contributed by atoms with van der Waals surface area (Å²) < 4.78 is 3.42. The average Bonchev–Trinajstić information content (AvgIpc) is 1.77. The van der Waals surface area contributed by atoms with Gasteiger partial charge in [0.05, 0.1) is 5.03 Å². The lowest BCUT2D eigenvalue weighted by atomic mass is 10.6. The summed E-state index contributed by atoms with van der Waals surface area (Å²) in [6, 6.07) is 0. The van der Waals surface area contributed by atoms with Crippen molar-refractivity contribution >= 4 is 35.1 Å². The highest BCUT2D eigenvalue weighted by Crippen LogP contribution is 2.27. The molecule has 0 unspecified atom stereocenters. The van der Waals surface area contributed by atoms with Crippen LogP contribution in [0.15, 0.2) is 21.7 Å². The Morgan fingerprint density at radius 1 is 1.50 bits per heavy atom. The van der Waals surface area contributed by atoms with Gasteiger partial charge in [0.1, 0.15) is 4.36 Å². The molecule has 0 amide bonds. The number of halogens is 2. The molecule has 0 aromatic heterocycles. The monoisotopic (exact) mass is 167 g/mol. The van der Waals surface area contributed by atoms with Crippen molar-refractivity contribution in [2.45, 2.75) is 0 Å². The van der Waals surface area contributed by atoms with E-state index in [0.717, 1.165) is 0 Å². The van der Waals surface area contributed by atoms with Crippen molar-refractivity contribution < 1.29 is 0 Å².